The maximum atomic E-state index is 13.9. The minimum Gasteiger partial charge on any atom is -0.508 e. The minimum absolute atomic E-state index is 0.0178. The lowest BCUT2D eigenvalue weighted by Gasteiger charge is -2.59. The fourth-order valence-corrected chi connectivity index (χ4v) is 7.45. The molecule has 36 heavy (non-hydrogen) atoms. The molecule has 1 spiro atoms. The van der Waals surface area contributed by atoms with E-state index in [1.807, 2.05) is 0 Å². The monoisotopic (exact) mass is 499 g/mol. The third-order valence-electron chi connectivity index (χ3n) is 9.09. The maximum absolute atomic E-state index is 13.9. The molecule has 2 heterocycles. The van der Waals surface area contributed by atoms with E-state index >= 15 is 0 Å². The van der Waals surface area contributed by atoms with E-state index < -0.39 is 17.7 Å². The van der Waals surface area contributed by atoms with Crippen LogP contribution in [-0.4, -0.2) is 54.5 Å². The predicted molar refractivity (Wildman–Crippen MR) is 130 cm³/mol. The van der Waals surface area contributed by atoms with Crippen molar-refractivity contribution < 1.29 is 32.3 Å². The van der Waals surface area contributed by atoms with Crippen LogP contribution in [0.2, 0.25) is 0 Å². The molecule has 1 saturated carbocycles. The van der Waals surface area contributed by atoms with Gasteiger partial charge in [0, 0.05) is 36.0 Å². The number of benzene rings is 2. The predicted octanol–water partition coefficient (Wildman–Crippen LogP) is 5.18. The summed E-state index contributed by atoms with van der Waals surface area (Å²) in [6.45, 7) is 0.968. The lowest BCUT2D eigenvalue weighted by molar-refractivity contribution is -0.927. The zero-order chi connectivity index (χ0) is 25.5. The summed E-state index contributed by atoms with van der Waals surface area (Å²) < 4.78 is 49.1. The number of hydrogen-bond acceptors (Lipinski definition) is 3. The normalized spacial score (nSPS) is 29.8. The molecule has 2 aliphatic carbocycles. The summed E-state index contributed by atoms with van der Waals surface area (Å²) in [5.41, 5.74) is 0.571. The average molecular weight is 500 g/mol. The molecule has 0 unspecified atom stereocenters. The lowest BCUT2D eigenvalue weighted by atomic mass is 9.51. The molecule has 0 aromatic heterocycles. The number of amides is 1. The molecule has 6 rings (SSSR count). The number of rotatable bonds is 3. The van der Waals surface area contributed by atoms with E-state index in [1.54, 1.807) is 18.2 Å². The van der Waals surface area contributed by atoms with Crippen LogP contribution in [0, 0.1) is 5.92 Å². The van der Waals surface area contributed by atoms with Crippen LogP contribution >= 0.6 is 0 Å². The number of aromatic hydroxyl groups is 1. The molecule has 2 bridgehead atoms. The first-order valence-corrected chi connectivity index (χ1v) is 12.6. The number of carbonyl (C=O) groups is 1. The molecular weight excluding hydrogens is 469 g/mol. The van der Waals surface area contributed by atoms with Crippen molar-refractivity contribution in [3.8, 4) is 11.5 Å². The van der Waals surface area contributed by atoms with Gasteiger partial charge in [-0.3, -0.25) is 4.79 Å². The number of ether oxygens (including phenoxy) is 1. The molecule has 2 aromatic carbocycles. The SMILES string of the molecule is C[N+]1(C)CC[C@]23c4c5c(O)cc(NC(=O)C(=Cc6ccccc6)C(F)(F)F)c4O[C@H]2CCC[C@H]3[C@H]1C5. The molecule has 2 aliphatic heterocycles. The van der Waals surface area contributed by atoms with Gasteiger partial charge in [0.05, 0.1) is 37.8 Å². The van der Waals surface area contributed by atoms with E-state index in [4.69, 9.17) is 4.74 Å². The number of nitrogens with one attached hydrogen (secondary N) is 1. The largest absolute Gasteiger partial charge is 0.508 e. The Morgan fingerprint density at radius 3 is 2.69 bits per heavy atom. The topological polar surface area (TPSA) is 58.6 Å². The van der Waals surface area contributed by atoms with E-state index in [1.165, 1.54) is 18.2 Å². The molecule has 2 aromatic rings. The summed E-state index contributed by atoms with van der Waals surface area (Å²) >= 11 is 0. The molecule has 4 aliphatic rings. The lowest BCUT2D eigenvalue weighted by Crippen LogP contribution is -2.69. The van der Waals surface area contributed by atoms with Crippen molar-refractivity contribution >= 4 is 17.7 Å². The first-order chi connectivity index (χ1) is 17.0. The number of nitrogens with zero attached hydrogens (tertiary/aromatic N) is 1. The zero-order valence-electron chi connectivity index (χ0n) is 20.4. The minimum atomic E-state index is -4.85. The second-order valence-electron chi connectivity index (χ2n) is 11.3. The zero-order valence-corrected chi connectivity index (χ0v) is 20.4. The molecule has 8 heteroatoms. The van der Waals surface area contributed by atoms with Crippen LogP contribution in [0.25, 0.3) is 6.08 Å². The Bertz CT molecular complexity index is 1270. The number of phenols is 1. The van der Waals surface area contributed by atoms with Crippen molar-refractivity contribution in [3.63, 3.8) is 0 Å². The highest BCUT2D eigenvalue weighted by Gasteiger charge is 2.66. The Morgan fingerprint density at radius 2 is 1.97 bits per heavy atom. The molecule has 1 saturated heterocycles. The van der Waals surface area contributed by atoms with Gasteiger partial charge < -0.3 is 19.6 Å². The van der Waals surface area contributed by atoms with Crippen LogP contribution in [0.3, 0.4) is 0 Å². The van der Waals surface area contributed by atoms with Gasteiger partial charge in [0.2, 0.25) is 0 Å². The third kappa shape index (κ3) is 3.30. The quantitative estimate of drug-likeness (QED) is 0.452. The number of phenolic OH excluding ortho intramolecular Hbond substituents is 1. The molecule has 5 nitrogen and oxygen atoms in total. The fourth-order valence-electron chi connectivity index (χ4n) is 7.45. The van der Waals surface area contributed by atoms with Gasteiger partial charge in [-0.05, 0) is 30.9 Å². The first-order valence-electron chi connectivity index (χ1n) is 12.6. The summed E-state index contributed by atoms with van der Waals surface area (Å²) in [4.78, 5) is 13.0. The van der Waals surface area contributed by atoms with Gasteiger partial charge in [0.25, 0.3) is 5.91 Å². The second kappa shape index (κ2) is 7.75. The average Bonchev–Trinajstić information content (AvgIpc) is 3.16. The van der Waals surface area contributed by atoms with Crippen molar-refractivity contribution in [2.45, 2.75) is 55.8 Å². The van der Waals surface area contributed by atoms with Gasteiger partial charge in [-0.2, -0.15) is 13.2 Å². The van der Waals surface area contributed by atoms with Crippen molar-refractivity contribution in [2.24, 2.45) is 5.92 Å². The number of anilines is 1. The molecule has 0 radical (unpaired) electrons. The number of quaternary nitrogens is 1. The molecule has 2 N–H and O–H groups in total. The summed E-state index contributed by atoms with van der Waals surface area (Å²) in [6.07, 6.45) is 0.448. The number of hydrogen-bond donors (Lipinski definition) is 2. The van der Waals surface area contributed by atoms with Crippen LogP contribution in [0.15, 0.2) is 42.0 Å². The maximum Gasteiger partial charge on any atom is 0.421 e. The summed E-state index contributed by atoms with van der Waals surface area (Å²) in [6, 6.07) is 9.66. The standard InChI is InChI=1S/C28H29F3N2O3/c1-33(2)12-11-27-18-9-6-10-23(27)36-25-20(15-22(34)17(24(25)27)14-21(18)33)32-26(35)19(28(29,30)31)13-16-7-4-3-5-8-16/h3-5,7-8,13,15,18,21,23H,6,9-12,14H2,1-2H3,(H-,32,34,35)/p+1/t18-,21+,23-,27+/m0/s1. The highest BCUT2D eigenvalue weighted by molar-refractivity contribution is 6.08. The Morgan fingerprint density at radius 1 is 1.22 bits per heavy atom. The first kappa shape index (κ1) is 23.4. The van der Waals surface area contributed by atoms with Gasteiger partial charge in [0.15, 0.2) is 0 Å². The fraction of sp³-hybridized carbons (Fsp3) is 0.464. The van der Waals surface area contributed by atoms with Gasteiger partial charge >= 0.3 is 6.18 Å². The number of alkyl halides is 3. The highest BCUT2D eigenvalue weighted by atomic mass is 19.4. The summed E-state index contributed by atoms with van der Waals surface area (Å²) in [5, 5.41) is 13.5. The molecule has 2 fully saturated rings. The molecule has 4 atom stereocenters. The summed E-state index contributed by atoms with van der Waals surface area (Å²) in [5.74, 6) is -0.434. The Hall–Kier alpha value is -3.00. The molecular formula is C28H30F3N2O3+. The molecule has 190 valence electrons. The van der Waals surface area contributed by atoms with E-state index in [-0.39, 0.29) is 28.5 Å². The van der Waals surface area contributed by atoms with Gasteiger partial charge in [0.1, 0.15) is 23.2 Å². The van der Waals surface area contributed by atoms with Crippen molar-refractivity contribution in [1.29, 1.82) is 0 Å². The smallest absolute Gasteiger partial charge is 0.421 e. The highest BCUT2D eigenvalue weighted by Crippen LogP contribution is 2.65. The van der Waals surface area contributed by atoms with Crippen molar-refractivity contribution in [2.75, 3.05) is 26.0 Å². The number of likely N-dealkylation sites (tertiary alicyclic amines) is 1. The van der Waals surface area contributed by atoms with Gasteiger partial charge in [-0.15, -0.1) is 0 Å². The number of halogens is 3. The van der Waals surface area contributed by atoms with E-state index in [9.17, 15) is 23.1 Å². The van der Waals surface area contributed by atoms with Crippen LogP contribution < -0.4 is 10.1 Å². The van der Waals surface area contributed by atoms with Crippen molar-refractivity contribution in [3.05, 3.63) is 58.7 Å². The number of piperidine rings is 1. The van der Waals surface area contributed by atoms with Crippen LogP contribution in [-0.2, 0) is 16.6 Å². The van der Waals surface area contributed by atoms with Crippen LogP contribution in [0.5, 0.6) is 11.5 Å². The van der Waals surface area contributed by atoms with E-state index in [0.29, 0.717) is 24.1 Å². The Balaban J connectivity index is 1.44. The Kier molecular flexibility index (Phi) is 5.04. The Labute approximate surface area is 208 Å². The van der Waals surface area contributed by atoms with Crippen molar-refractivity contribution in [1.82, 2.24) is 0 Å². The number of likely N-dealkylation sites (N-methyl/N-ethyl adjacent to an activating group) is 1. The second-order valence-corrected chi connectivity index (χ2v) is 11.3. The number of carbonyl (C=O) groups excluding carboxylic acids is 1. The van der Waals surface area contributed by atoms with E-state index in [0.717, 1.165) is 53.9 Å². The molecule has 1 amide bonds. The van der Waals surface area contributed by atoms with Gasteiger partial charge in [-0.1, -0.05) is 30.3 Å². The van der Waals surface area contributed by atoms with Crippen LogP contribution in [0.1, 0.15) is 42.4 Å². The van der Waals surface area contributed by atoms with E-state index in [2.05, 4.69) is 19.4 Å². The van der Waals surface area contributed by atoms with Crippen LogP contribution in [0.4, 0.5) is 18.9 Å². The third-order valence-corrected chi connectivity index (χ3v) is 9.09. The van der Waals surface area contributed by atoms with Gasteiger partial charge in [-0.25, -0.2) is 0 Å². The summed E-state index contributed by atoms with van der Waals surface area (Å²) in [7, 11) is 4.48.